The molecule has 1 aliphatic heterocycles. The molecule has 0 bridgehead atoms. The molecule has 1 aromatic carbocycles. The molecule has 5 rings (SSSR count). The number of rotatable bonds is 4. The van der Waals surface area contributed by atoms with Crippen molar-refractivity contribution in [2.24, 2.45) is 0 Å². The molecule has 3 aromatic heterocycles. The smallest absolute Gasteiger partial charge is 0.216 e. The van der Waals surface area contributed by atoms with Gasteiger partial charge in [-0.05, 0) is 47.0 Å². The Morgan fingerprint density at radius 1 is 0.903 bits per heavy atom. The van der Waals surface area contributed by atoms with Crippen molar-refractivity contribution in [3.05, 3.63) is 67.3 Å². The summed E-state index contributed by atoms with van der Waals surface area (Å²) in [7, 11) is 0. The summed E-state index contributed by atoms with van der Waals surface area (Å²) in [6.45, 7) is 3.06. The standard InChI is InChI=1S/C23H22N6OS/c24-23-22(31(30)29-11-9-26-10-12-29)14-18(15-28-23)17-1-2-21-20(13-17)19(5-8-27-21)16-3-6-25-7-4-16/h1-8,13-15,26H,9-12H2,(H2,24,28). The molecule has 1 atom stereocenters. The van der Waals surface area contributed by atoms with Crippen LogP contribution in [0.25, 0.3) is 33.2 Å². The summed E-state index contributed by atoms with van der Waals surface area (Å²) in [6.07, 6.45) is 7.12. The molecule has 4 aromatic rings. The molecule has 0 spiro atoms. The number of hydrogen-bond donors (Lipinski definition) is 2. The van der Waals surface area contributed by atoms with Crippen LogP contribution in [0.15, 0.2) is 72.1 Å². The quantitative estimate of drug-likeness (QED) is 0.480. The van der Waals surface area contributed by atoms with Crippen LogP contribution < -0.4 is 11.1 Å². The first-order valence-corrected chi connectivity index (χ1v) is 11.2. The Morgan fingerprint density at radius 2 is 1.71 bits per heavy atom. The van der Waals surface area contributed by atoms with Crippen LogP contribution in [0.5, 0.6) is 0 Å². The number of hydrogen-bond acceptors (Lipinski definition) is 7. The van der Waals surface area contributed by atoms with Crippen LogP contribution in [0.2, 0.25) is 0 Å². The number of fused-ring (bicyclic) bond motifs is 1. The second-order valence-corrected chi connectivity index (χ2v) is 8.82. The number of piperazine rings is 1. The number of nitrogen functional groups attached to an aromatic ring is 1. The minimum Gasteiger partial charge on any atom is -0.593 e. The molecule has 4 heterocycles. The van der Waals surface area contributed by atoms with Gasteiger partial charge in [-0.25, -0.2) is 4.98 Å². The summed E-state index contributed by atoms with van der Waals surface area (Å²) >= 11 is -1.34. The first-order valence-electron chi connectivity index (χ1n) is 10.1. The maximum atomic E-state index is 13.1. The first kappa shape index (κ1) is 19.9. The number of aromatic nitrogens is 3. The molecule has 1 unspecified atom stereocenters. The number of nitrogens with zero attached hydrogens (tertiary/aromatic N) is 4. The Kier molecular flexibility index (Phi) is 5.52. The third kappa shape index (κ3) is 3.98. The third-order valence-corrected chi connectivity index (χ3v) is 6.98. The van der Waals surface area contributed by atoms with Crippen LogP contribution in [0.4, 0.5) is 5.82 Å². The van der Waals surface area contributed by atoms with Crippen molar-refractivity contribution in [3.8, 4) is 22.3 Å². The fourth-order valence-corrected chi connectivity index (χ4v) is 5.06. The first-order chi connectivity index (χ1) is 15.2. The van der Waals surface area contributed by atoms with E-state index in [2.05, 4.69) is 26.3 Å². The van der Waals surface area contributed by atoms with Crippen molar-refractivity contribution < 1.29 is 4.55 Å². The van der Waals surface area contributed by atoms with Crippen molar-refractivity contribution in [2.45, 2.75) is 4.90 Å². The number of anilines is 1. The fraction of sp³-hybridized carbons (Fsp3) is 0.174. The predicted octanol–water partition coefficient (Wildman–Crippen LogP) is 2.87. The van der Waals surface area contributed by atoms with Gasteiger partial charge in [-0.15, -0.1) is 4.31 Å². The molecule has 156 valence electrons. The summed E-state index contributed by atoms with van der Waals surface area (Å²) in [4.78, 5) is 13.5. The van der Waals surface area contributed by atoms with Crippen LogP contribution in [-0.2, 0) is 11.4 Å². The Bertz CT molecular complexity index is 1210. The molecular formula is C23H22N6OS. The van der Waals surface area contributed by atoms with Gasteiger partial charge < -0.3 is 15.6 Å². The van der Waals surface area contributed by atoms with Gasteiger partial charge in [-0.1, -0.05) is 6.07 Å². The highest BCUT2D eigenvalue weighted by molar-refractivity contribution is 7.89. The van der Waals surface area contributed by atoms with Crippen LogP contribution in [0.1, 0.15) is 0 Å². The van der Waals surface area contributed by atoms with Gasteiger partial charge >= 0.3 is 0 Å². The van der Waals surface area contributed by atoms with Gasteiger partial charge in [-0.3, -0.25) is 9.97 Å². The Labute approximate surface area is 183 Å². The van der Waals surface area contributed by atoms with Crippen molar-refractivity contribution in [1.82, 2.24) is 24.6 Å². The topological polar surface area (TPSA) is 103 Å². The van der Waals surface area contributed by atoms with E-state index in [0.717, 1.165) is 46.2 Å². The highest BCUT2D eigenvalue weighted by atomic mass is 32.2. The molecule has 31 heavy (non-hydrogen) atoms. The summed E-state index contributed by atoms with van der Waals surface area (Å²) in [5.74, 6) is 0.306. The summed E-state index contributed by atoms with van der Waals surface area (Å²) in [5, 5.41) is 4.31. The van der Waals surface area contributed by atoms with E-state index in [1.54, 1.807) is 18.6 Å². The number of nitrogens with two attached hydrogens (primary N) is 1. The zero-order valence-corrected chi connectivity index (χ0v) is 17.7. The van der Waals surface area contributed by atoms with E-state index in [1.807, 2.05) is 46.9 Å². The Balaban J connectivity index is 1.56. The summed E-state index contributed by atoms with van der Waals surface area (Å²) in [6, 6.07) is 14.0. The molecular weight excluding hydrogens is 408 g/mol. The number of benzene rings is 1. The third-order valence-electron chi connectivity index (χ3n) is 5.45. The van der Waals surface area contributed by atoms with E-state index >= 15 is 0 Å². The van der Waals surface area contributed by atoms with Gasteiger partial charge in [-0.2, -0.15) is 0 Å². The number of pyridine rings is 3. The molecule has 3 N–H and O–H groups in total. The van der Waals surface area contributed by atoms with Gasteiger partial charge in [0.1, 0.15) is 0 Å². The van der Waals surface area contributed by atoms with E-state index < -0.39 is 11.4 Å². The minimum atomic E-state index is -1.34. The maximum absolute atomic E-state index is 13.1. The Morgan fingerprint density at radius 3 is 2.52 bits per heavy atom. The molecule has 1 aliphatic rings. The van der Waals surface area contributed by atoms with E-state index in [1.165, 1.54) is 0 Å². The van der Waals surface area contributed by atoms with Gasteiger partial charge in [0.25, 0.3) is 0 Å². The van der Waals surface area contributed by atoms with Crippen LogP contribution in [-0.4, -0.2) is 50.0 Å². The molecule has 1 fully saturated rings. The summed E-state index contributed by atoms with van der Waals surface area (Å²) < 4.78 is 15.1. The lowest BCUT2D eigenvalue weighted by Crippen LogP contribution is -2.46. The zero-order valence-electron chi connectivity index (χ0n) is 16.9. The highest BCUT2D eigenvalue weighted by Gasteiger charge is 2.27. The average molecular weight is 431 g/mol. The van der Waals surface area contributed by atoms with Crippen molar-refractivity contribution in [3.63, 3.8) is 0 Å². The molecule has 8 heteroatoms. The number of nitrogens with one attached hydrogen (secondary N) is 1. The predicted molar refractivity (Wildman–Crippen MR) is 123 cm³/mol. The highest BCUT2D eigenvalue weighted by Crippen LogP contribution is 2.32. The molecule has 0 saturated carbocycles. The van der Waals surface area contributed by atoms with E-state index in [-0.39, 0.29) is 0 Å². The van der Waals surface area contributed by atoms with Crippen LogP contribution in [0, 0.1) is 0 Å². The SMILES string of the molecule is Nc1ncc(-c2ccc3nccc(-c4ccncc4)c3c2)cc1[S+]([O-])N1CCNCC1. The molecule has 0 amide bonds. The van der Waals surface area contributed by atoms with Crippen molar-refractivity contribution >= 4 is 28.1 Å². The van der Waals surface area contributed by atoms with Gasteiger partial charge in [0.15, 0.2) is 5.82 Å². The second kappa shape index (κ2) is 8.60. The van der Waals surface area contributed by atoms with Gasteiger partial charge in [0.2, 0.25) is 4.90 Å². The largest absolute Gasteiger partial charge is 0.593 e. The Hall–Kier alpha value is -3.04. The average Bonchev–Trinajstić information content (AvgIpc) is 2.84. The van der Waals surface area contributed by atoms with Gasteiger partial charge in [0.05, 0.1) is 30.0 Å². The molecule has 0 radical (unpaired) electrons. The molecule has 7 nitrogen and oxygen atoms in total. The minimum absolute atomic E-state index is 0.306. The monoisotopic (exact) mass is 430 g/mol. The van der Waals surface area contributed by atoms with E-state index in [4.69, 9.17) is 5.73 Å². The van der Waals surface area contributed by atoms with E-state index in [9.17, 15) is 4.55 Å². The lowest BCUT2D eigenvalue weighted by Gasteiger charge is -2.28. The van der Waals surface area contributed by atoms with Crippen molar-refractivity contribution in [2.75, 3.05) is 31.9 Å². The molecule has 1 saturated heterocycles. The van der Waals surface area contributed by atoms with Crippen molar-refractivity contribution in [1.29, 1.82) is 0 Å². The second-order valence-electron chi connectivity index (χ2n) is 7.36. The lowest BCUT2D eigenvalue weighted by molar-refractivity contribution is 0.360. The maximum Gasteiger partial charge on any atom is 0.216 e. The zero-order chi connectivity index (χ0) is 21.2. The fourth-order valence-electron chi connectivity index (χ4n) is 3.81. The summed E-state index contributed by atoms with van der Waals surface area (Å²) in [5.41, 5.74) is 11.0. The normalized spacial score (nSPS) is 15.8. The van der Waals surface area contributed by atoms with Gasteiger partial charge in [0, 0.05) is 54.9 Å². The van der Waals surface area contributed by atoms with Crippen LogP contribution in [0.3, 0.4) is 0 Å². The van der Waals surface area contributed by atoms with Crippen LogP contribution >= 0.6 is 0 Å². The van der Waals surface area contributed by atoms with E-state index in [0.29, 0.717) is 23.8 Å². The lowest BCUT2D eigenvalue weighted by atomic mass is 9.98. The molecule has 0 aliphatic carbocycles.